The zero-order chi connectivity index (χ0) is 15.2. The summed E-state index contributed by atoms with van der Waals surface area (Å²) in [4.78, 5) is 0. The van der Waals surface area contributed by atoms with E-state index in [0.717, 1.165) is 43.0 Å². The molecule has 1 N–H and O–H groups in total. The van der Waals surface area contributed by atoms with Crippen LogP contribution in [0, 0.1) is 0 Å². The van der Waals surface area contributed by atoms with Gasteiger partial charge in [0.25, 0.3) is 0 Å². The van der Waals surface area contributed by atoms with Crippen LogP contribution in [0.2, 0.25) is 5.02 Å². The fraction of sp³-hybridized carbons (Fsp3) is 0.333. The van der Waals surface area contributed by atoms with Gasteiger partial charge in [-0.2, -0.15) is 0 Å². The van der Waals surface area contributed by atoms with Gasteiger partial charge < -0.3 is 14.8 Å². The van der Waals surface area contributed by atoms with Crippen LogP contribution in [-0.4, -0.2) is 19.2 Å². The molecule has 0 unspecified atom stereocenters. The highest BCUT2D eigenvalue weighted by molar-refractivity contribution is 6.30. The van der Waals surface area contributed by atoms with Crippen LogP contribution in [-0.2, 0) is 6.61 Å². The Kier molecular flexibility index (Phi) is 5.20. The molecule has 1 saturated heterocycles. The molecule has 0 saturated carbocycles. The predicted molar refractivity (Wildman–Crippen MR) is 88.7 cm³/mol. The number of hydrogen-bond acceptors (Lipinski definition) is 3. The minimum Gasteiger partial charge on any atom is -0.486 e. The molecule has 1 heterocycles. The first-order chi connectivity index (χ1) is 10.8. The Balaban J connectivity index is 1.69. The maximum Gasteiger partial charge on any atom is 0.163 e. The minimum atomic E-state index is 0.221. The maximum absolute atomic E-state index is 6.11. The van der Waals surface area contributed by atoms with Crippen molar-refractivity contribution in [1.29, 1.82) is 0 Å². The van der Waals surface area contributed by atoms with Crippen LogP contribution in [0.25, 0.3) is 0 Å². The van der Waals surface area contributed by atoms with Gasteiger partial charge in [0, 0.05) is 11.1 Å². The van der Waals surface area contributed by atoms with Gasteiger partial charge in [-0.3, -0.25) is 0 Å². The first kappa shape index (κ1) is 15.2. The van der Waals surface area contributed by atoms with E-state index in [0.29, 0.717) is 11.6 Å². The van der Waals surface area contributed by atoms with E-state index in [2.05, 4.69) is 5.32 Å². The van der Waals surface area contributed by atoms with E-state index in [4.69, 9.17) is 21.1 Å². The van der Waals surface area contributed by atoms with Gasteiger partial charge >= 0.3 is 0 Å². The number of ether oxygens (including phenoxy) is 2. The molecule has 116 valence electrons. The molecule has 0 aliphatic carbocycles. The SMILES string of the molecule is Clc1ccc(OCc2ccccc2)c(OC2CCNCC2)c1. The van der Waals surface area contributed by atoms with Gasteiger partial charge in [-0.1, -0.05) is 41.9 Å². The molecule has 1 fully saturated rings. The third-order valence-electron chi connectivity index (χ3n) is 3.72. The lowest BCUT2D eigenvalue weighted by Crippen LogP contribution is -2.34. The molecule has 3 rings (SSSR count). The van der Waals surface area contributed by atoms with E-state index >= 15 is 0 Å². The summed E-state index contributed by atoms with van der Waals surface area (Å²) < 4.78 is 12.0. The molecule has 2 aromatic rings. The van der Waals surface area contributed by atoms with Gasteiger partial charge in [-0.15, -0.1) is 0 Å². The summed E-state index contributed by atoms with van der Waals surface area (Å²) in [7, 11) is 0. The molecule has 4 heteroatoms. The summed E-state index contributed by atoms with van der Waals surface area (Å²) in [6.45, 7) is 2.50. The van der Waals surface area contributed by atoms with Gasteiger partial charge in [-0.25, -0.2) is 0 Å². The van der Waals surface area contributed by atoms with Crippen molar-refractivity contribution in [2.45, 2.75) is 25.6 Å². The maximum atomic E-state index is 6.11. The van der Waals surface area contributed by atoms with Crippen molar-refractivity contribution in [2.75, 3.05) is 13.1 Å². The highest BCUT2D eigenvalue weighted by Gasteiger charge is 2.17. The topological polar surface area (TPSA) is 30.5 Å². The molecule has 0 bridgehead atoms. The number of nitrogens with one attached hydrogen (secondary N) is 1. The highest BCUT2D eigenvalue weighted by Crippen LogP contribution is 2.32. The summed E-state index contributed by atoms with van der Waals surface area (Å²) >= 11 is 6.10. The molecule has 3 nitrogen and oxygen atoms in total. The zero-order valence-corrected chi connectivity index (χ0v) is 13.2. The smallest absolute Gasteiger partial charge is 0.163 e. The fourth-order valence-corrected chi connectivity index (χ4v) is 2.68. The Morgan fingerprint density at radius 2 is 1.77 bits per heavy atom. The van der Waals surface area contributed by atoms with E-state index in [1.807, 2.05) is 48.5 Å². The number of hydrogen-bond donors (Lipinski definition) is 1. The Labute approximate surface area is 136 Å². The first-order valence-corrected chi connectivity index (χ1v) is 8.03. The highest BCUT2D eigenvalue weighted by atomic mass is 35.5. The zero-order valence-electron chi connectivity index (χ0n) is 12.4. The summed E-state index contributed by atoms with van der Waals surface area (Å²) in [6.07, 6.45) is 2.23. The van der Waals surface area contributed by atoms with Crippen molar-refractivity contribution in [3.8, 4) is 11.5 Å². The average Bonchev–Trinajstić information content (AvgIpc) is 2.56. The Bertz CT molecular complexity index is 597. The lowest BCUT2D eigenvalue weighted by molar-refractivity contribution is 0.153. The molecule has 0 spiro atoms. The van der Waals surface area contributed by atoms with Gasteiger partial charge in [0.2, 0.25) is 0 Å². The number of piperidine rings is 1. The van der Waals surface area contributed by atoms with Crippen LogP contribution in [0.15, 0.2) is 48.5 Å². The minimum absolute atomic E-state index is 0.221. The van der Waals surface area contributed by atoms with Crippen molar-refractivity contribution in [1.82, 2.24) is 5.32 Å². The van der Waals surface area contributed by atoms with Crippen LogP contribution >= 0.6 is 11.6 Å². The van der Waals surface area contributed by atoms with Gasteiger partial charge in [0.15, 0.2) is 11.5 Å². The average molecular weight is 318 g/mol. The lowest BCUT2D eigenvalue weighted by Gasteiger charge is -2.25. The third kappa shape index (κ3) is 4.15. The largest absolute Gasteiger partial charge is 0.486 e. The standard InChI is InChI=1S/C18H20ClNO2/c19-15-6-7-17(21-13-14-4-2-1-3-5-14)18(12-15)22-16-8-10-20-11-9-16/h1-7,12,16,20H,8-11,13H2. The van der Waals surface area contributed by atoms with E-state index in [9.17, 15) is 0 Å². The van der Waals surface area contributed by atoms with Crippen molar-refractivity contribution in [3.63, 3.8) is 0 Å². The molecule has 1 aliphatic heterocycles. The summed E-state index contributed by atoms with van der Waals surface area (Å²) in [5.74, 6) is 1.47. The Morgan fingerprint density at radius 1 is 1.00 bits per heavy atom. The van der Waals surface area contributed by atoms with Crippen LogP contribution in [0.4, 0.5) is 0 Å². The summed E-state index contributed by atoms with van der Waals surface area (Å²) in [5.41, 5.74) is 1.13. The number of benzene rings is 2. The lowest BCUT2D eigenvalue weighted by atomic mass is 10.1. The van der Waals surface area contributed by atoms with E-state index in [1.54, 1.807) is 0 Å². The van der Waals surface area contributed by atoms with Crippen molar-refractivity contribution in [2.24, 2.45) is 0 Å². The summed E-state index contributed by atoms with van der Waals surface area (Å²) in [6, 6.07) is 15.6. The van der Waals surface area contributed by atoms with Crippen molar-refractivity contribution >= 4 is 11.6 Å². The molecule has 0 radical (unpaired) electrons. The van der Waals surface area contributed by atoms with E-state index < -0.39 is 0 Å². The van der Waals surface area contributed by atoms with Gasteiger partial charge in [-0.05, 0) is 43.6 Å². The quantitative estimate of drug-likeness (QED) is 0.902. The number of rotatable bonds is 5. The second-order valence-electron chi connectivity index (χ2n) is 5.43. The van der Waals surface area contributed by atoms with Crippen molar-refractivity contribution < 1.29 is 9.47 Å². The Morgan fingerprint density at radius 3 is 2.55 bits per heavy atom. The molecule has 0 amide bonds. The Hall–Kier alpha value is -1.71. The predicted octanol–water partition coefficient (Wildman–Crippen LogP) is 4.05. The van der Waals surface area contributed by atoms with Crippen LogP contribution in [0.3, 0.4) is 0 Å². The van der Waals surface area contributed by atoms with Crippen LogP contribution < -0.4 is 14.8 Å². The normalized spacial score (nSPS) is 15.5. The van der Waals surface area contributed by atoms with Gasteiger partial charge in [0.05, 0.1) is 0 Å². The molecular weight excluding hydrogens is 298 g/mol. The molecule has 0 atom stereocenters. The van der Waals surface area contributed by atoms with Crippen molar-refractivity contribution in [3.05, 3.63) is 59.1 Å². The van der Waals surface area contributed by atoms with E-state index in [-0.39, 0.29) is 6.10 Å². The van der Waals surface area contributed by atoms with Gasteiger partial charge in [0.1, 0.15) is 12.7 Å². The molecule has 1 aliphatic rings. The van der Waals surface area contributed by atoms with E-state index in [1.165, 1.54) is 0 Å². The second-order valence-corrected chi connectivity index (χ2v) is 5.87. The molecular formula is C18H20ClNO2. The number of halogens is 1. The first-order valence-electron chi connectivity index (χ1n) is 7.65. The summed E-state index contributed by atoms with van der Waals surface area (Å²) in [5, 5.41) is 4.00. The molecule has 0 aromatic heterocycles. The second kappa shape index (κ2) is 7.52. The molecule has 2 aromatic carbocycles. The van der Waals surface area contributed by atoms with Crippen LogP contribution in [0.5, 0.6) is 11.5 Å². The monoisotopic (exact) mass is 317 g/mol. The third-order valence-corrected chi connectivity index (χ3v) is 3.96. The van der Waals surface area contributed by atoms with Crippen LogP contribution in [0.1, 0.15) is 18.4 Å². The fourth-order valence-electron chi connectivity index (χ4n) is 2.52. The molecule has 22 heavy (non-hydrogen) atoms.